The van der Waals surface area contributed by atoms with Gasteiger partial charge in [0.15, 0.2) is 0 Å². The molecule has 0 amide bonds. The molecule has 0 fully saturated rings. The normalized spacial score (nSPS) is 11.7. The van der Waals surface area contributed by atoms with E-state index in [1.165, 1.54) is 6.07 Å². The predicted molar refractivity (Wildman–Crippen MR) is 80.3 cm³/mol. The lowest BCUT2D eigenvalue weighted by molar-refractivity contribution is 0.590. The van der Waals surface area contributed by atoms with Crippen molar-refractivity contribution in [3.63, 3.8) is 0 Å². The first-order valence-corrected chi connectivity index (χ1v) is 6.73. The molecule has 0 saturated heterocycles. The topological polar surface area (TPSA) is 0 Å². The van der Waals surface area contributed by atoms with Gasteiger partial charge in [0.2, 0.25) is 0 Å². The fourth-order valence-electron chi connectivity index (χ4n) is 2.15. The first-order valence-electron chi connectivity index (χ1n) is 6.35. The van der Waals surface area contributed by atoms with Crippen molar-refractivity contribution in [2.45, 2.75) is 33.1 Å². The van der Waals surface area contributed by atoms with Crippen LogP contribution in [0, 0.1) is 12.7 Å². The highest BCUT2D eigenvalue weighted by atomic mass is 35.5. The zero-order valence-corrected chi connectivity index (χ0v) is 12.5. The summed E-state index contributed by atoms with van der Waals surface area (Å²) < 4.78 is 13.9. The van der Waals surface area contributed by atoms with Gasteiger partial charge in [0, 0.05) is 10.6 Å². The summed E-state index contributed by atoms with van der Waals surface area (Å²) in [4.78, 5) is 0. The predicted octanol–water partition coefficient (Wildman–Crippen LogP) is 5.75. The van der Waals surface area contributed by atoms with Gasteiger partial charge in [0.25, 0.3) is 0 Å². The maximum absolute atomic E-state index is 13.9. The number of rotatable bonds is 1. The second-order valence-electron chi connectivity index (χ2n) is 5.93. The van der Waals surface area contributed by atoms with Crippen LogP contribution in [0.5, 0.6) is 0 Å². The van der Waals surface area contributed by atoms with Crippen LogP contribution in [-0.2, 0) is 5.41 Å². The maximum atomic E-state index is 13.9. The van der Waals surface area contributed by atoms with Gasteiger partial charge < -0.3 is 0 Å². The second kappa shape index (κ2) is 4.97. The van der Waals surface area contributed by atoms with Crippen LogP contribution in [0.4, 0.5) is 4.39 Å². The number of halogens is 2. The molecular weight excluding hydrogens is 259 g/mol. The van der Waals surface area contributed by atoms with Gasteiger partial charge in [-0.05, 0) is 41.7 Å². The van der Waals surface area contributed by atoms with E-state index in [9.17, 15) is 4.39 Å². The van der Waals surface area contributed by atoms with Gasteiger partial charge in [-0.1, -0.05) is 56.1 Å². The Morgan fingerprint density at radius 1 is 1.00 bits per heavy atom. The Bertz CT molecular complexity index is 609. The summed E-state index contributed by atoms with van der Waals surface area (Å²) >= 11 is 6.33. The molecular formula is C17H18ClF. The van der Waals surface area contributed by atoms with Crippen molar-refractivity contribution in [1.29, 1.82) is 0 Å². The summed E-state index contributed by atoms with van der Waals surface area (Å²) in [5, 5.41) is 0.686. The first kappa shape index (κ1) is 14.1. The second-order valence-corrected chi connectivity index (χ2v) is 6.34. The molecule has 2 heteroatoms. The van der Waals surface area contributed by atoms with Gasteiger partial charge >= 0.3 is 0 Å². The molecule has 0 heterocycles. The van der Waals surface area contributed by atoms with Crippen molar-refractivity contribution >= 4 is 11.6 Å². The summed E-state index contributed by atoms with van der Waals surface area (Å²) in [6.07, 6.45) is 0. The highest BCUT2D eigenvalue weighted by Crippen LogP contribution is 2.33. The standard InChI is InChI=1S/C17H18ClF/c1-11-5-8-16(19)13(9-11)12-6-7-14(15(18)10-12)17(2,3)4/h5-10H,1-4H3. The molecule has 0 aromatic heterocycles. The maximum Gasteiger partial charge on any atom is 0.131 e. The third-order valence-electron chi connectivity index (χ3n) is 3.21. The van der Waals surface area contributed by atoms with E-state index >= 15 is 0 Å². The Morgan fingerprint density at radius 3 is 2.26 bits per heavy atom. The summed E-state index contributed by atoms with van der Waals surface area (Å²) in [6.45, 7) is 8.29. The van der Waals surface area contributed by atoms with Crippen molar-refractivity contribution in [2.24, 2.45) is 0 Å². The molecule has 19 heavy (non-hydrogen) atoms. The molecule has 0 radical (unpaired) electrons. The monoisotopic (exact) mass is 276 g/mol. The average molecular weight is 277 g/mol. The molecule has 0 N–H and O–H groups in total. The summed E-state index contributed by atoms with van der Waals surface area (Å²) in [7, 11) is 0. The van der Waals surface area contributed by atoms with Crippen molar-refractivity contribution in [3.8, 4) is 11.1 Å². The van der Waals surface area contributed by atoms with E-state index < -0.39 is 0 Å². The van der Waals surface area contributed by atoms with Crippen LogP contribution in [0.25, 0.3) is 11.1 Å². The van der Waals surface area contributed by atoms with Gasteiger partial charge in [-0.25, -0.2) is 4.39 Å². The molecule has 0 aliphatic rings. The Kier molecular flexibility index (Phi) is 3.69. The Balaban J connectivity index is 2.54. The molecule has 0 unspecified atom stereocenters. The van der Waals surface area contributed by atoms with E-state index in [2.05, 4.69) is 20.8 Å². The zero-order valence-electron chi connectivity index (χ0n) is 11.7. The Morgan fingerprint density at radius 2 is 1.68 bits per heavy atom. The number of hydrogen-bond acceptors (Lipinski definition) is 0. The molecule has 2 aromatic carbocycles. The average Bonchev–Trinajstić information content (AvgIpc) is 2.30. The quantitative estimate of drug-likeness (QED) is 0.622. The van der Waals surface area contributed by atoms with E-state index in [-0.39, 0.29) is 11.2 Å². The molecule has 100 valence electrons. The molecule has 0 spiro atoms. The number of benzene rings is 2. The fourth-order valence-corrected chi connectivity index (χ4v) is 2.62. The lowest BCUT2D eigenvalue weighted by Gasteiger charge is -2.21. The third kappa shape index (κ3) is 2.98. The SMILES string of the molecule is Cc1ccc(F)c(-c2ccc(C(C)(C)C)c(Cl)c2)c1. The summed E-state index contributed by atoms with van der Waals surface area (Å²) in [5.74, 6) is -0.217. The smallest absolute Gasteiger partial charge is 0.131 e. The molecule has 2 aromatic rings. The highest BCUT2D eigenvalue weighted by molar-refractivity contribution is 6.31. The van der Waals surface area contributed by atoms with E-state index in [4.69, 9.17) is 11.6 Å². The van der Waals surface area contributed by atoms with Crippen molar-refractivity contribution in [2.75, 3.05) is 0 Å². The molecule has 0 bridgehead atoms. The van der Waals surface area contributed by atoms with E-state index in [0.717, 1.165) is 16.7 Å². The van der Waals surface area contributed by atoms with Crippen LogP contribution in [0.3, 0.4) is 0 Å². The van der Waals surface area contributed by atoms with Crippen molar-refractivity contribution in [1.82, 2.24) is 0 Å². The van der Waals surface area contributed by atoms with Gasteiger partial charge in [-0.15, -0.1) is 0 Å². The Labute approximate surface area is 119 Å². The van der Waals surface area contributed by atoms with E-state index in [0.29, 0.717) is 10.6 Å². The van der Waals surface area contributed by atoms with E-state index in [1.54, 1.807) is 6.07 Å². The minimum absolute atomic E-state index is 0.0131. The van der Waals surface area contributed by atoms with Gasteiger partial charge in [0.1, 0.15) is 5.82 Å². The van der Waals surface area contributed by atoms with Crippen molar-refractivity contribution < 1.29 is 4.39 Å². The van der Waals surface area contributed by atoms with Gasteiger partial charge in [-0.2, -0.15) is 0 Å². The van der Waals surface area contributed by atoms with Crippen LogP contribution < -0.4 is 0 Å². The zero-order chi connectivity index (χ0) is 14.2. The Hall–Kier alpha value is -1.34. The van der Waals surface area contributed by atoms with Crippen LogP contribution in [0.1, 0.15) is 31.9 Å². The largest absolute Gasteiger partial charge is 0.206 e. The van der Waals surface area contributed by atoms with Crippen LogP contribution in [0.15, 0.2) is 36.4 Å². The molecule has 0 saturated carbocycles. The van der Waals surface area contributed by atoms with Crippen LogP contribution in [0.2, 0.25) is 5.02 Å². The lowest BCUT2D eigenvalue weighted by atomic mass is 9.86. The number of hydrogen-bond donors (Lipinski definition) is 0. The molecule has 0 atom stereocenters. The minimum atomic E-state index is -0.217. The molecule has 0 aliphatic heterocycles. The van der Waals surface area contributed by atoms with Crippen LogP contribution in [-0.4, -0.2) is 0 Å². The molecule has 0 aliphatic carbocycles. The first-order chi connectivity index (χ1) is 8.79. The molecule has 0 nitrogen and oxygen atoms in total. The van der Waals surface area contributed by atoms with Gasteiger partial charge in [0.05, 0.1) is 0 Å². The fraction of sp³-hybridized carbons (Fsp3) is 0.294. The van der Waals surface area contributed by atoms with Crippen LogP contribution >= 0.6 is 11.6 Å². The minimum Gasteiger partial charge on any atom is -0.206 e. The number of aryl methyl sites for hydroxylation is 1. The summed E-state index contributed by atoms with van der Waals surface area (Å²) in [5.41, 5.74) is 3.51. The van der Waals surface area contributed by atoms with Crippen molar-refractivity contribution in [3.05, 3.63) is 58.4 Å². The van der Waals surface area contributed by atoms with Gasteiger partial charge in [-0.3, -0.25) is 0 Å². The molecule has 2 rings (SSSR count). The highest BCUT2D eigenvalue weighted by Gasteiger charge is 2.18. The third-order valence-corrected chi connectivity index (χ3v) is 3.52. The summed E-state index contributed by atoms with van der Waals surface area (Å²) in [6, 6.07) is 10.9. The van der Waals surface area contributed by atoms with E-state index in [1.807, 2.05) is 31.2 Å². The lowest BCUT2D eigenvalue weighted by Crippen LogP contribution is -2.11.